The van der Waals surface area contributed by atoms with E-state index in [1.165, 1.54) is 5.56 Å². The molecule has 0 aliphatic carbocycles. The number of rotatable bonds is 5. The van der Waals surface area contributed by atoms with Crippen LogP contribution < -0.4 is 5.69 Å². The first kappa shape index (κ1) is 15.1. The Labute approximate surface area is 140 Å². The molecule has 5 nitrogen and oxygen atoms in total. The molecule has 0 fully saturated rings. The molecule has 5 heteroatoms. The third-order valence-electron chi connectivity index (χ3n) is 5.02. The molecular formula is C19H22N4O. The quantitative estimate of drug-likeness (QED) is 0.783. The number of para-hydroxylation sites is 1. The molecule has 1 aromatic carbocycles. The van der Waals surface area contributed by atoms with Gasteiger partial charge in [0.1, 0.15) is 0 Å². The van der Waals surface area contributed by atoms with Gasteiger partial charge in [0.05, 0.1) is 11.0 Å². The lowest BCUT2D eigenvalue weighted by molar-refractivity contribution is 0.210. The van der Waals surface area contributed by atoms with Gasteiger partial charge < -0.3 is 9.88 Å². The molecule has 0 bridgehead atoms. The summed E-state index contributed by atoms with van der Waals surface area (Å²) in [6.07, 6.45) is 4.90. The van der Waals surface area contributed by atoms with Gasteiger partial charge in [0, 0.05) is 24.5 Å². The molecule has 24 heavy (non-hydrogen) atoms. The fraction of sp³-hybridized carbons (Fsp3) is 0.368. The molecule has 2 aromatic heterocycles. The van der Waals surface area contributed by atoms with Crippen molar-refractivity contribution in [3.8, 4) is 0 Å². The fourth-order valence-electron chi connectivity index (χ4n) is 3.70. The summed E-state index contributed by atoms with van der Waals surface area (Å²) in [5.41, 5.74) is 4.44. The Morgan fingerprint density at radius 3 is 3.04 bits per heavy atom. The first-order chi connectivity index (χ1) is 11.7. The van der Waals surface area contributed by atoms with E-state index in [2.05, 4.69) is 34.0 Å². The lowest BCUT2D eigenvalue weighted by atomic mass is 9.99. The van der Waals surface area contributed by atoms with Crippen molar-refractivity contribution in [2.75, 3.05) is 13.6 Å². The highest BCUT2D eigenvalue weighted by molar-refractivity contribution is 5.79. The Kier molecular flexibility index (Phi) is 3.94. The van der Waals surface area contributed by atoms with Crippen LogP contribution in [0.2, 0.25) is 0 Å². The topological polar surface area (TPSA) is 53.9 Å². The monoisotopic (exact) mass is 322 g/mol. The Hall–Kier alpha value is -2.40. The first-order valence-electron chi connectivity index (χ1n) is 8.53. The Balaban J connectivity index is 1.44. The van der Waals surface area contributed by atoms with Crippen molar-refractivity contribution in [3.63, 3.8) is 0 Å². The van der Waals surface area contributed by atoms with Crippen LogP contribution in [0.3, 0.4) is 0 Å². The van der Waals surface area contributed by atoms with Crippen molar-refractivity contribution in [2.45, 2.75) is 31.8 Å². The van der Waals surface area contributed by atoms with E-state index in [1.54, 1.807) is 0 Å². The molecular weight excluding hydrogens is 300 g/mol. The van der Waals surface area contributed by atoms with Crippen molar-refractivity contribution in [1.82, 2.24) is 19.4 Å². The largest absolute Gasteiger partial charge is 0.326 e. The number of aryl methyl sites for hydroxylation is 1. The van der Waals surface area contributed by atoms with Gasteiger partial charge in [-0.25, -0.2) is 4.79 Å². The molecule has 124 valence electrons. The van der Waals surface area contributed by atoms with Gasteiger partial charge in [-0.2, -0.15) is 0 Å². The van der Waals surface area contributed by atoms with Crippen LogP contribution in [0.15, 0.2) is 47.4 Å². The van der Waals surface area contributed by atoms with E-state index < -0.39 is 0 Å². The van der Waals surface area contributed by atoms with Crippen LogP contribution in [0.5, 0.6) is 0 Å². The summed E-state index contributed by atoms with van der Waals surface area (Å²) in [7, 11) is 2.16. The third-order valence-corrected chi connectivity index (χ3v) is 5.02. The van der Waals surface area contributed by atoms with Crippen LogP contribution in [-0.2, 0) is 19.4 Å². The van der Waals surface area contributed by atoms with Gasteiger partial charge in [-0.3, -0.25) is 9.55 Å². The van der Waals surface area contributed by atoms with Gasteiger partial charge in [0.15, 0.2) is 0 Å². The predicted molar refractivity (Wildman–Crippen MR) is 95.2 cm³/mol. The maximum Gasteiger partial charge on any atom is 0.326 e. The van der Waals surface area contributed by atoms with Crippen LogP contribution >= 0.6 is 0 Å². The van der Waals surface area contributed by atoms with Crippen molar-refractivity contribution in [1.29, 1.82) is 0 Å². The zero-order valence-corrected chi connectivity index (χ0v) is 13.9. The number of aromatic nitrogens is 3. The number of aromatic amines is 1. The van der Waals surface area contributed by atoms with Crippen LogP contribution in [0.4, 0.5) is 0 Å². The molecule has 0 saturated heterocycles. The van der Waals surface area contributed by atoms with Gasteiger partial charge in [-0.1, -0.05) is 18.2 Å². The number of nitrogens with zero attached hydrogens (tertiary/aromatic N) is 3. The highest BCUT2D eigenvalue weighted by Crippen LogP contribution is 2.24. The number of hydrogen-bond acceptors (Lipinski definition) is 3. The molecule has 0 spiro atoms. The van der Waals surface area contributed by atoms with E-state index in [0.717, 1.165) is 49.1 Å². The second kappa shape index (κ2) is 6.24. The minimum Gasteiger partial charge on any atom is -0.306 e. The van der Waals surface area contributed by atoms with E-state index in [4.69, 9.17) is 0 Å². The summed E-state index contributed by atoms with van der Waals surface area (Å²) in [5.74, 6) is 0. The highest BCUT2D eigenvalue weighted by Gasteiger charge is 2.25. The standard InChI is InChI=1S/C19H22N4O/c1-22(11-5-8-15-7-2-3-10-20-15)16-12-14-6-4-9-17-18(14)23(13-16)19(24)21-17/h2-4,6-7,9-10,16H,5,8,11-13H2,1H3,(H,21,24)/t16-/m1/s1. The second-order valence-electron chi connectivity index (χ2n) is 6.62. The van der Waals surface area contributed by atoms with Gasteiger partial charge in [-0.15, -0.1) is 0 Å². The summed E-state index contributed by atoms with van der Waals surface area (Å²) in [6, 6.07) is 12.6. The molecule has 0 radical (unpaired) electrons. The third kappa shape index (κ3) is 2.76. The van der Waals surface area contributed by atoms with E-state index in [-0.39, 0.29) is 5.69 Å². The first-order valence-corrected chi connectivity index (χ1v) is 8.53. The molecule has 4 rings (SSSR count). The average Bonchev–Trinajstić information content (AvgIpc) is 2.93. The van der Waals surface area contributed by atoms with E-state index in [1.807, 2.05) is 35.0 Å². The van der Waals surface area contributed by atoms with Crippen LogP contribution in [0.1, 0.15) is 17.7 Å². The summed E-state index contributed by atoms with van der Waals surface area (Å²) >= 11 is 0. The molecule has 1 aliphatic rings. The van der Waals surface area contributed by atoms with E-state index in [0.29, 0.717) is 6.04 Å². The van der Waals surface area contributed by atoms with Gasteiger partial charge in [0.25, 0.3) is 0 Å². The zero-order chi connectivity index (χ0) is 16.5. The average molecular weight is 322 g/mol. The second-order valence-corrected chi connectivity index (χ2v) is 6.62. The van der Waals surface area contributed by atoms with Crippen LogP contribution in [0.25, 0.3) is 11.0 Å². The Bertz CT molecular complexity index is 897. The molecule has 0 amide bonds. The highest BCUT2D eigenvalue weighted by atomic mass is 16.1. The maximum absolute atomic E-state index is 12.2. The molecule has 3 heterocycles. The van der Waals surface area contributed by atoms with Gasteiger partial charge in [0.2, 0.25) is 0 Å². The zero-order valence-electron chi connectivity index (χ0n) is 13.9. The molecule has 1 aliphatic heterocycles. The van der Waals surface area contributed by atoms with E-state index in [9.17, 15) is 4.79 Å². The summed E-state index contributed by atoms with van der Waals surface area (Å²) in [5, 5.41) is 0. The molecule has 1 N–H and O–H groups in total. The SMILES string of the molecule is CN(CCCc1ccccn1)[C@@H]1Cc2cccc3[nH]c(=O)n(c23)C1. The summed E-state index contributed by atoms with van der Waals surface area (Å²) < 4.78 is 1.90. The minimum absolute atomic E-state index is 0.00374. The summed E-state index contributed by atoms with van der Waals surface area (Å²) in [4.78, 5) is 21.9. The number of nitrogens with one attached hydrogen (secondary N) is 1. The van der Waals surface area contributed by atoms with Crippen molar-refractivity contribution >= 4 is 11.0 Å². The molecule has 0 saturated carbocycles. The number of imidazole rings is 1. The van der Waals surface area contributed by atoms with Gasteiger partial charge in [-0.05, 0) is 56.6 Å². The van der Waals surface area contributed by atoms with Gasteiger partial charge >= 0.3 is 5.69 Å². The number of hydrogen-bond donors (Lipinski definition) is 1. The number of benzene rings is 1. The lowest BCUT2D eigenvalue weighted by Gasteiger charge is -2.31. The van der Waals surface area contributed by atoms with Crippen molar-refractivity contribution < 1.29 is 0 Å². The molecule has 1 atom stereocenters. The Morgan fingerprint density at radius 1 is 1.29 bits per heavy atom. The predicted octanol–water partition coefficient (Wildman–Crippen LogP) is 2.21. The minimum atomic E-state index is 0.00374. The van der Waals surface area contributed by atoms with Crippen LogP contribution in [-0.4, -0.2) is 39.1 Å². The lowest BCUT2D eigenvalue weighted by Crippen LogP contribution is -2.42. The fourth-order valence-corrected chi connectivity index (χ4v) is 3.70. The Morgan fingerprint density at radius 2 is 2.21 bits per heavy atom. The summed E-state index contributed by atoms with van der Waals surface area (Å²) in [6.45, 7) is 1.77. The molecule has 3 aromatic rings. The number of pyridine rings is 1. The smallest absolute Gasteiger partial charge is 0.306 e. The van der Waals surface area contributed by atoms with Crippen molar-refractivity contribution in [2.24, 2.45) is 0 Å². The normalized spacial score (nSPS) is 16.8. The number of likely N-dealkylation sites (N-methyl/N-ethyl adjacent to an activating group) is 1. The number of H-pyrrole nitrogens is 1. The molecule has 0 unspecified atom stereocenters. The van der Waals surface area contributed by atoms with E-state index >= 15 is 0 Å². The van der Waals surface area contributed by atoms with Crippen molar-refractivity contribution in [3.05, 3.63) is 64.3 Å². The maximum atomic E-state index is 12.2. The van der Waals surface area contributed by atoms with Crippen LogP contribution in [0, 0.1) is 0 Å².